The van der Waals surface area contributed by atoms with Crippen molar-refractivity contribution in [1.29, 1.82) is 0 Å². The third-order valence-corrected chi connectivity index (χ3v) is 4.04. The molecule has 1 atom stereocenters. The first kappa shape index (κ1) is 30.4. The van der Waals surface area contributed by atoms with Crippen molar-refractivity contribution in [3.63, 3.8) is 0 Å². The number of carbonyl (C=O) groups excluding carboxylic acids is 1. The second kappa shape index (κ2) is 16.9. The monoisotopic (exact) mass is 530 g/mol. The lowest BCUT2D eigenvalue weighted by Crippen LogP contribution is -2.45. The molecule has 0 radical (unpaired) electrons. The van der Waals surface area contributed by atoms with Crippen LogP contribution in [0, 0.1) is 5.92 Å². The molecular weight excluding hydrogens is 487 g/mol. The topological polar surface area (TPSA) is 84.4 Å². The van der Waals surface area contributed by atoms with Crippen LogP contribution in [0.2, 0.25) is 0 Å². The van der Waals surface area contributed by atoms with E-state index in [1.807, 2.05) is 27.8 Å². The zero-order valence-electron chi connectivity index (χ0n) is 19.5. The van der Waals surface area contributed by atoms with Gasteiger partial charge in [0, 0.05) is 46.9 Å². The number of ether oxygens (including phenoxy) is 3. The van der Waals surface area contributed by atoms with Crippen LogP contribution in [-0.2, 0) is 14.2 Å². The van der Waals surface area contributed by atoms with E-state index in [1.165, 1.54) is 0 Å². The summed E-state index contributed by atoms with van der Waals surface area (Å²) in [6.07, 6.45) is 1.32. The number of halogens is 1. The van der Waals surface area contributed by atoms with Crippen LogP contribution in [0.15, 0.2) is 4.99 Å². The Balaban J connectivity index is 0. The molecule has 0 heterocycles. The second-order valence-corrected chi connectivity index (χ2v) is 8.14. The SMILES string of the molecule is CN=C(NCCCOCCOC)N(C)CCC(NC(=O)OC(C)(C)C)C(C)C.I. The molecule has 2 N–H and O–H groups in total. The molecule has 174 valence electrons. The average Bonchev–Trinajstić information content (AvgIpc) is 2.59. The van der Waals surface area contributed by atoms with Gasteiger partial charge in [-0.1, -0.05) is 13.8 Å². The van der Waals surface area contributed by atoms with Crippen LogP contribution in [0.3, 0.4) is 0 Å². The quantitative estimate of drug-likeness (QED) is 0.175. The maximum atomic E-state index is 12.1. The Labute approximate surface area is 194 Å². The number of alkyl carbamates (subject to hydrolysis) is 1. The Hall–Kier alpha value is -0.810. The van der Waals surface area contributed by atoms with Crippen LogP contribution < -0.4 is 10.6 Å². The summed E-state index contributed by atoms with van der Waals surface area (Å²) in [5.41, 5.74) is -0.498. The van der Waals surface area contributed by atoms with Gasteiger partial charge < -0.3 is 29.7 Å². The highest BCUT2D eigenvalue weighted by Crippen LogP contribution is 2.11. The van der Waals surface area contributed by atoms with Gasteiger partial charge in [-0.15, -0.1) is 24.0 Å². The molecule has 8 nitrogen and oxygen atoms in total. The third-order valence-electron chi connectivity index (χ3n) is 4.04. The van der Waals surface area contributed by atoms with E-state index in [0.29, 0.717) is 25.7 Å². The maximum absolute atomic E-state index is 12.1. The van der Waals surface area contributed by atoms with E-state index >= 15 is 0 Å². The Morgan fingerprint density at radius 3 is 2.34 bits per heavy atom. The predicted molar refractivity (Wildman–Crippen MR) is 129 cm³/mol. The first-order valence-electron chi connectivity index (χ1n) is 10.1. The van der Waals surface area contributed by atoms with Gasteiger partial charge in [0.1, 0.15) is 5.60 Å². The summed E-state index contributed by atoms with van der Waals surface area (Å²) in [4.78, 5) is 18.5. The molecule has 0 spiro atoms. The Kier molecular flexibility index (Phi) is 17.7. The lowest BCUT2D eigenvalue weighted by atomic mass is 10.0. The molecule has 29 heavy (non-hydrogen) atoms. The Morgan fingerprint density at radius 2 is 1.83 bits per heavy atom. The molecule has 0 aliphatic rings. The standard InChI is InChI=1S/C20H42N4O4.HI/c1-16(2)17(23-19(25)28-20(3,4)5)10-12-24(7)18(21-6)22-11-9-13-27-15-14-26-8;/h16-17H,9-15H2,1-8H3,(H,21,22)(H,23,25);1H. The molecule has 1 amide bonds. The molecule has 0 bridgehead atoms. The molecule has 0 saturated heterocycles. The molecule has 0 aromatic heterocycles. The van der Waals surface area contributed by atoms with Crippen molar-refractivity contribution < 1.29 is 19.0 Å². The molecule has 9 heteroatoms. The van der Waals surface area contributed by atoms with Crippen LogP contribution in [-0.4, -0.2) is 82.7 Å². The second-order valence-electron chi connectivity index (χ2n) is 8.14. The zero-order valence-corrected chi connectivity index (χ0v) is 21.9. The summed E-state index contributed by atoms with van der Waals surface area (Å²) in [5.74, 6) is 1.14. The van der Waals surface area contributed by atoms with Crippen LogP contribution in [0.1, 0.15) is 47.5 Å². The van der Waals surface area contributed by atoms with Crippen molar-refractivity contribution in [1.82, 2.24) is 15.5 Å². The number of hydrogen-bond donors (Lipinski definition) is 2. The van der Waals surface area contributed by atoms with Crippen molar-refractivity contribution in [3.05, 3.63) is 0 Å². The lowest BCUT2D eigenvalue weighted by molar-refractivity contribution is 0.0486. The maximum Gasteiger partial charge on any atom is 0.407 e. The Bertz CT molecular complexity index is 456. The minimum absolute atomic E-state index is 0. The molecule has 0 fully saturated rings. The minimum Gasteiger partial charge on any atom is -0.444 e. The smallest absolute Gasteiger partial charge is 0.407 e. The summed E-state index contributed by atoms with van der Waals surface area (Å²) in [6.45, 7) is 13.3. The minimum atomic E-state index is -0.498. The van der Waals surface area contributed by atoms with Gasteiger partial charge in [-0.05, 0) is 39.5 Å². The fourth-order valence-corrected chi connectivity index (χ4v) is 2.47. The number of amides is 1. The molecule has 0 saturated carbocycles. The van der Waals surface area contributed by atoms with Crippen molar-refractivity contribution >= 4 is 36.0 Å². The van der Waals surface area contributed by atoms with Crippen molar-refractivity contribution in [2.45, 2.75) is 59.1 Å². The highest BCUT2D eigenvalue weighted by Gasteiger charge is 2.22. The molecule has 0 aromatic carbocycles. The van der Waals surface area contributed by atoms with E-state index in [1.54, 1.807) is 14.2 Å². The Morgan fingerprint density at radius 1 is 1.17 bits per heavy atom. The van der Waals surface area contributed by atoms with Gasteiger partial charge in [0.15, 0.2) is 5.96 Å². The molecule has 0 aliphatic carbocycles. The number of carbonyl (C=O) groups is 1. The third kappa shape index (κ3) is 16.7. The fraction of sp³-hybridized carbons (Fsp3) is 0.900. The summed E-state index contributed by atoms with van der Waals surface area (Å²) in [7, 11) is 5.43. The highest BCUT2D eigenvalue weighted by atomic mass is 127. The largest absolute Gasteiger partial charge is 0.444 e. The van der Waals surface area contributed by atoms with Gasteiger partial charge in [0.2, 0.25) is 0 Å². The fourth-order valence-electron chi connectivity index (χ4n) is 2.47. The zero-order chi connectivity index (χ0) is 21.6. The summed E-state index contributed by atoms with van der Waals surface area (Å²) >= 11 is 0. The number of nitrogens with one attached hydrogen (secondary N) is 2. The average molecular weight is 530 g/mol. The van der Waals surface area contributed by atoms with Crippen LogP contribution in [0.25, 0.3) is 0 Å². The number of aliphatic imine (C=N–C) groups is 1. The summed E-state index contributed by atoms with van der Waals surface area (Å²) in [5, 5.41) is 6.32. The number of methoxy groups -OCH3 is 1. The molecule has 0 aromatic rings. The number of rotatable bonds is 12. The van der Waals surface area contributed by atoms with Gasteiger partial charge >= 0.3 is 6.09 Å². The van der Waals surface area contributed by atoms with Crippen molar-refractivity contribution in [2.75, 3.05) is 54.1 Å². The van der Waals surface area contributed by atoms with Gasteiger partial charge in [-0.2, -0.15) is 0 Å². The van der Waals surface area contributed by atoms with Crippen LogP contribution in [0.5, 0.6) is 0 Å². The van der Waals surface area contributed by atoms with Crippen molar-refractivity contribution in [3.8, 4) is 0 Å². The number of guanidine groups is 1. The van der Waals surface area contributed by atoms with Gasteiger partial charge in [0.25, 0.3) is 0 Å². The van der Waals surface area contributed by atoms with Gasteiger partial charge in [0.05, 0.1) is 13.2 Å². The predicted octanol–water partition coefficient (Wildman–Crippen LogP) is 3.10. The van der Waals surface area contributed by atoms with E-state index in [0.717, 1.165) is 31.9 Å². The van der Waals surface area contributed by atoms with Crippen molar-refractivity contribution in [2.24, 2.45) is 10.9 Å². The molecular formula is C20H43IN4O4. The molecule has 0 rings (SSSR count). The summed E-state index contributed by atoms with van der Waals surface area (Å²) in [6, 6.07) is 0.0320. The first-order chi connectivity index (χ1) is 13.1. The number of hydrogen-bond acceptors (Lipinski definition) is 5. The normalized spacial score (nSPS) is 12.9. The lowest BCUT2D eigenvalue weighted by Gasteiger charge is -2.28. The van der Waals surface area contributed by atoms with Gasteiger partial charge in [-0.3, -0.25) is 4.99 Å². The first-order valence-corrected chi connectivity index (χ1v) is 10.1. The van der Waals surface area contributed by atoms with E-state index in [-0.39, 0.29) is 36.1 Å². The van der Waals surface area contributed by atoms with E-state index < -0.39 is 5.60 Å². The van der Waals surface area contributed by atoms with Crippen LogP contribution >= 0.6 is 24.0 Å². The molecule has 0 aliphatic heterocycles. The number of nitrogens with zero attached hydrogens (tertiary/aromatic N) is 2. The van der Waals surface area contributed by atoms with E-state index in [9.17, 15) is 4.79 Å². The molecule has 1 unspecified atom stereocenters. The van der Waals surface area contributed by atoms with E-state index in [2.05, 4.69) is 34.4 Å². The summed E-state index contributed by atoms with van der Waals surface area (Å²) < 4.78 is 15.8. The van der Waals surface area contributed by atoms with Gasteiger partial charge in [-0.25, -0.2) is 4.79 Å². The highest BCUT2D eigenvalue weighted by molar-refractivity contribution is 14.0. The van der Waals surface area contributed by atoms with E-state index in [4.69, 9.17) is 14.2 Å². The van der Waals surface area contributed by atoms with Crippen LogP contribution in [0.4, 0.5) is 4.79 Å².